The summed E-state index contributed by atoms with van der Waals surface area (Å²) in [5.74, 6) is 1.95. The molecule has 6 nitrogen and oxygen atoms in total. The molecule has 3 heterocycles. The molecule has 2 aromatic rings. The fourth-order valence-electron chi connectivity index (χ4n) is 2.28. The van der Waals surface area contributed by atoms with Crippen LogP contribution in [0.15, 0.2) is 27.3 Å². The van der Waals surface area contributed by atoms with Gasteiger partial charge in [0.15, 0.2) is 11.6 Å². The van der Waals surface area contributed by atoms with Gasteiger partial charge in [0, 0.05) is 6.54 Å². The van der Waals surface area contributed by atoms with E-state index in [1.54, 1.807) is 18.4 Å². The molecule has 102 valence electrons. The first-order valence-corrected chi connectivity index (χ1v) is 6.49. The third kappa shape index (κ3) is 2.69. The number of likely N-dealkylation sites (tertiary alicyclic amines) is 1. The van der Waals surface area contributed by atoms with Gasteiger partial charge < -0.3 is 14.0 Å². The molecule has 0 radical (unpaired) electrons. The van der Waals surface area contributed by atoms with Crippen LogP contribution >= 0.6 is 0 Å². The average molecular weight is 263 g/mol. The van der Waals surface area contributed by atoms with Crippen molar-refractivity contribution in [3.05, 3.63) is 24.2 Å². The predicted octanol–water partition coefficient (Wildman–Crippen LogP) is 1.53. The zero-order valence-corrected chi connectivity index (χ0v) is 10.8. The Kier molecular flexibility index (Phi) is 3.35. The van der Waals surface area contributed by atoms with E-state index in [0.717, 1.165) is 13.0 Å². The molecule has 1 saturated heterocycles. The minimum absolute atomic E-state index is 0.273. The molecule has 1 fully saturated rings. The molecule has 3 rings (SSSR count). The summed E-state index contributed by atoms with van der Waals surface area (Å²) < 4.78 is 10.4. The summed E-state index contributed by atoms with van der Waals surface area (Å²) in [4.78, 5) is 6.44. The van der Waals surface area contributed by atoms with Gasteiger partial charge in [-0.05, 0) is 31.0 Å². The Morgan fingerprint density at radius 1 is 1.53 bits per heavy atom. The van der Waals surface area contributed by atoms with E-state index in [4.69, 9.17) is 8.94 Å². The van der Waals surface area contributed by atoms with Crippen molar-refractivity contribution in [2.75, 3.05) is 13.1 Å². The minimum atomic E-state index is -0.273. The summed E-state index contributed by atoms with van der Waals surface area (Å²) in [6.45, 7) is 4.27. The Bertz CT molecular complexity index is 523. The zero-order chi connectivity index (χ0) is 13.2. The van der Waals surface area contributed by atoms with E-state index in [-0.39, 0.29) is 6.10 Å². The molecule has 0 spiro atoms. The largest absolute Gasteiger partial charge is 0.459 e. The van der Waals surface area contributed by atoms with Crippen LogP contribution in [0.25, 0.3) is 11.7 Å². The van der Waals surface area contributed by atoms with Gasteiger partial charge in [0.05, 0.1) is 18.9 Å². The first-order chi connectivity index (χ1) is 9.22. The standard InChI is InChI=1S/C13H17N3O3/c1-9-4-5-16(7-10(9)17)8-12-14-13(19-15-12)11-3-2-6-18-11/h2-3,6,9-10,17H,4-5,7-8H2,1H3. The number of furan rings is 1. The Morgan fingerprint density at radius 2 is 2.42 bits per heavy atom. The van der Waals surface area contributed by atoms with Gasteiger partial charge in [-0.2, -0.15) is 4.98 Å². The highest BCUT2D eigenvalue weighted by molar-refractivity contribution is 5.42. The quantitative estimate of drug-likeness (QED) is 0.905. The van der Waals surface area contributed by atoms with E-state index in [1.807, 2.05) is 0 Å². The van der Waals surface area contributed by atoms with Crippen molar-refractivity contribution in [1.82, 2.24) is 15.0 Å². The van der Waals surface area contributed by atoms with Gasteiger partial charge in [0.2, 0.25) is 0 Å². The second-order valence-corrected chi connectivity index (χ2v) is 5.06. The molecule has 0 bridgehead atoms. The van der Waals surface area contributed by atoms with E-state index < -0.39 is 0 Å². The second kappa shape index (κ2) is 5.14. The van der Waals surface area contributed by atoms with Crippen molar-refractivity contribution in [1.29, 1.82) is 0 Å². The van der Waals surface area contributed by atoms with Gasteiger partial charge in [-0.1, -0.05) is 12.1 Å². The topological polar surface area (TPSA) is 75.5 Å². The van der Waals surface area contributed by atoms with Gasteiger partial charge in [0.25, 0.3) is 5.89 Å². The van der Waals surface area contributed by atoms with Crippen LogP contribution in [-0.4, -0.2) is 39.3 Å². The first kappa shape index (κ1) is 12.4. The van der Waals surface area contributed by atoms with E-state index >= 15 is 0 Å². The maximum atomic E-state index is 9.86. The fourth-order valence-corrected chi connectivity index (χ4v) is 2.28. The lowest BCUT2D eigenvalue weighted by molar-refractivity contribution is 0.0246. The Morgan fingerprint density at radius 3 is 3.16 bits per heavy atom. The fraction of sp³-hybridized carbons (Fsp3) is 0.538. The summed E-state index contributed by atoms with van der Waals surface area (Å²) in [7, 11) is 0. The molecule has 2 aromatic heterocycles. The monoisotopic (exact) mass is 263 g/mol. The highest BCUT2D eigenvalue weighted by atomic mass is 16.5. The number of piperidine rings is 1. The van der Waals surface area contributed by atoms with Crippen LogP contribution in [0.1, 0.15) is 19.2 Å². The molecule has 1 N–H and O–H groups in total. The SMILES string of the molecule is CC1CCN(Cc2noc(-c3ccco3)n2)CC1O. The van der Waals surface area contributed by atoms with Crippen molar-refractivity contribution in [2.45, 2.75) is 26.0 Å². The van der Waals surface area contributed by atoms with Crippen LogP contribution in [0.4, 0.5) is 0 Å². The van der Waals surface area contributed by atoms with E-state index in [0.29, 0.717) is 36.5 Å². The van der Waals surface area contributed by atoms with Crippen LogP contribution in [0, 0.1) is 5.92 Å². The zero-order valence-electron chi connectivity index (χ0n) is 10.8. The Hall–Kier alpha value is -1.66. The lowest BCUT2D eigenvalue weighted by Gasteiger charge is -2.33. The van der Waals surface area contributed by atoms with Gasteiger partial charge >= 0.3 is 0 Å². The van der Waals surface area contributed by atoms with Crippen molar-refractivity contribution in [3.8, 4) is 11.7 Å². The van der Waals surface area contributed by atoms with Gasteiger partial charge in [-0.3, -0.25) is 4.90 Å². The number of hydrogen-bond acceptors (Lipinski definition) is 6. The molecule has 2 atom stereocenters. The normalized spacial score (nSPS) is 24.7. The van der Waals surface area contributed by atoms with Crippen LogP contribution in [-0.2, 0) is 6.54 Å². The smallest absolute Gasteiger partial charge is 0.293 e. The van der Waals surface area contributed by atoms with E-state index in [2.05, 4.69) is 22.0 Å². The van der Waals surface area contributed by atoms with Crippen LogP contribution in [0.3, 0.4) is 0 Å². The third-order valence-corrected chi connectivity index (χ3v) is 3.57. The predicted molar refractivity (Wildman–Crippen MR) is 67.1 cm³/mol. The number of aliphatic hydroxyl groups is 1. The van der Waals surface area contributed by atoms with Crippen LogP contribution < -0.4 is 0 Å². The summed E-state index contributed by atoms with van der Waals surface area (Å²) in [5, 5.41) is 13.8. The number of aromatic nitrogens is 2. The van der Waals surface area contributed by atoms with E-state index in [9.17, 15) is 5.11 Å². The molecule has 19 heavy (non-hydrogen) atoms. The van der Waals surface area contributed by atoms with Crippen molar-refractivity contribution in [2.24, 2.45) is 5.92 Å². The molecule has 2 unspecified atom stereocenters. The number of β-amino-alcohol motifs (C(OH)–C–C–N with tert-alkyl or cyclic N) is 1. The molecule has 0 amide bonds. The number of aliphatic hydroxyl groups excluding tert-OH is 1. The summed E-state index contributed by atoms with van der Waals surface area (Å²) >= 11 is 0. The summed E-state index contributed by atoms with van der Waals surface area (Å²) in [6, 6.07) is 3.56. The molecule has 1 aliphatic rings. The Balaban J connectivity index is 1.64. The molecule has 0 aromatic carbocycles. The minimum Gasteiger partial charge on any atom is -0.459 e. The number of nitrogens with zero attached hydrogens (tertiary/aromatic N) is 3. The molecule has 0 aliphatic carbocycles. The van der Waals surface area contributed by atoms with Crippen molar-refractivity contribution < 1.29 is 14.0 Å². The van der Waals surface area contributed by atoms with Crippen molar-refractivity contribution in [3.63, 3.8) is 0 Å². The summed E-state index contributed by atoms with van der Waals surface area (Å²) in [6.07, 6.45) is 2.29. The molecule has 1 aliphatic heterocycles. The molecular weight excluding hydrogens is 246 g/mol. The summed E-state index contributed by atoms with van der Waals surface area (Å²) in [5.41, 5.74) is 0. The third-order valence-electron chi connectivity index (χ3n) is 3.57. The Labute approximate surface area is 111 Å². The van der Waals surface area contributed by atoms with Gasteiger partial charge in [-0.15, -0.1) is 0 Å². The van der Waals surface area contributed by atoms with E-state index in [1.165, 1.54) is 0 Å². The highest BCUT2D eigenvalue weighted by Crippen LogP contribution is 2.20. The van der Waals surface area contributed by atoms with Crippen LogP contribution in [0.5, 0.6) is 0 Å². The van der Waals surface area contributed by atoms with Gasteiger partial charge in [0.1, 0.15) is 0 Å². The molecular formula is C13H17N3O3. The van der Waals surface area contributed by atoms with Crippen molar-refractivity contribution >= 4 is 0 Å². The molecule has 0 saturated carbocycles. The highest BCUT2D eigenvalue weighted by Gasteiger charge is 2.25. The lowest BCUT2D eigenvalue weighted by atomic mass is 9.96. The molecule has 6 heteroatoms. The maximum Gasteiger partial charge on any atom is 0.293 e. The number of hydrogen-bond donors (Lipinski definition) is 1. The average Bonchev–Trinajstić information content (AvgIpc) is 3.04. The number of rotatable bonds is 3. The maximum absolute atomic E-state index is 9.86. The first-order valence-electron chi connectivity index (χ1n) is 6.49. The van der Waals surface area contributed by atoms with Crippen LogP contribution in [0.2, 0.25) is 0 Å². The lowest BCUT2D eigenvalue weighted by Crippen LogP contribution is -2.42. The van der Waals surface area contributed by atoms with Gasteiger partial charge in [-0.25, -0.2) is 0 Å². The second-order valence-electron chi connectivity index (χ2n) is 5.06.